The van der Waals surface area contributed by atoms with Crippen molar-refractivity contribution in [2.75, 3.05) is 34.3 Å². The van der Waals surface area contributed by atoms with Gasteiger partial charge in [0.05, 0.1) is 47.6 Å². The van der Waals surface area contributed by atoms with Crippen LogP contribution >= 0.6 is 0 Å². The van der Waals surface area contributed by atoms with Crippen LogP contribution in [0.3, 0.4) is 0 Å². The van der Waals surface area contributed by atoms with E-state index in [0.29, 0.717) is 25.9 Å². The zero-order chi connectivity index (χ0) is 41.4. The highest BCUT2D eigenvalue weighted by atomic mass is 16.7. The van der Waals surface area contributed by atoms with E-state index in [4.69, 9.17) is 33.2 Å². The van der Waals surface area contributed by atoms with Crippen molar-refractivity contribution < 1.29 is 58.4 Å². The van der Waals surface area contributed by atoms with Crippen molar-refractivity contribution in [1.82, 2.24) is 9.80 Å². The van der Waals surface area contributed by atoms with Crippen LogP contribution in [0.25, 0.3) is 0 Å². The van der Waals surface area contributed by atoms with Crippen molar-refractivity contribution in [3.05, 3.63) is 12.7 Å². The molecule has 4 N–H and O–H groups in total. The molecule has 14 heteroatoms. The van der Waals surface area contributed by atoms with E-state index in [2.05, 4.69) is 18.4 Å². The van der Waals surface area contributed by atoms with E-state index in [0.717, 1.165) is 0 Å². The Labute approximate surface area is 329 Å². The number of rotatable bonds is 8. The second-order valence-corrected chi connectivity index (χ2v) is 18.1. The highest BCUT2D eigenvalue weighted by Gasteiger charge is 2.54. The normalized spacial score (nSPS) is 50.8. The van der Waals surface area contributed by atoms with E-state index >= 15 is 0 Å². The fraction of sp³-hybridized carbons (Fsp3) is 0.927. The Morgan fingerprint density at radius 2 is 1.64 bits per heavy atom. The van der Waals surface area contributed by atoms with Crippen molar-refractivity contribution in [2.24, 2.45) is 17.8 Å². The van der Waals surface area contributed by atoms with Crippen molar-refractivity contribution in [3.63, 3.8) is 0 Å². The first-order chi connectivity index (χ1) is 25.5. The number of likely N-dealkylation sites (N-methyl/N-ethyl adjacent to an activating group) is 1. The zero-order valence-electron chi connectivity index (χ0n) is 35.7. The van der Waals surface area contributed by atoms with Crippen LogP contribution in [-0.2, 0) is 38.0 Å². The molecule has 2 bridgehead atoms. The number of aliphatic hydroxyl groups is 4. The monoisotopic (exact) mass is 787 g/mol. The molecule has 4 rings (SSSR count). The molecule has 4 aliphatic heterocycles. The topological polar surface area (TPSA) is 169 Å². The van der Waals surface area contributed by atoms with Gasteiger partial charge in [-0.3, -0.25) is 9.69 Å². The number of ether oxygens (including phenoxy) is 7. The lowest BCUT2D eigenvalue weighted by atomic mass is 9.77. The van der Waals surface area contributed by atoms with Gasteiger partial charge in [0.1, 0.15) is 30.0 Å². The number of cyclic esters (lactones) is 1. The summed E-state index contributed by atoms with van der Waals surface area (Å²) >= 11 is 0. The lowest BCUT2D eigenvalue weighted by molar-refractivity contribution is -0.318. The lowest BCUT2D eigenvalue weighted by Gasteiger charge is -2.50. The van der Waals surface area contributed by atoms with E-state index in [9.17, 15) is 25.2 Å². The van der Waals surface area contributed by atoms with Gasteiger partial charge in [-0.15, -0.1) is 6.58 Å². The average Bonchev–Trinajstić information content (AvgIpc) is 3.10. The number of esters is 1. The van der Waals surface area contributed by atoms with Gasteiger partial charge >= 0.3 is 5.97 Å². The average molecular weight is 787 g/mol. The molecule has 2 unspecified atom stereocenters. The highest BCUT2D eigenvalue weighted by Crippen LogP contribution is 2.41. The summed E-state index contributed by atoms with van der Waals surface area (Å²) in [6.07, 6.45) is -5.95. The van der Waals surface area contributed by atoms with Gasteiger partial charge in [-0.2, -0.15) is 0 Å². The highest BCUT2D eigenvalue weighted by molar-refractivity contribution is 5.73. The maximum absolute atomic E-state index is 14.4. The predicted molar refractivity (Wildman–Crippen MR) is 206 cm³/mol. The van der Waals surface area contributed by atoms with Crippen molar-refractivity contribution in [3.8, 4) is 0 Å². The summed E-state index contributed by atoms with van der Waals surface area (Å²) in [5.41, 5.74) is -4.13. The summed E-state index contributed by atoms with van der Waals surface area (Å²) in [5.74, 6) is -2.42. The maximum Gasteiger partial charge on any atom is 0.311 e. The molecule has 4 heterocycles. The third-order valence-electron chi connectivity index (χ3n) is 13.0. The second-order valence-electron chi connectivity index (χ2n) is 18.1. The van der Waals surface area contributed by atoms with Gasteiger partial charge in [0, 0.05) is 44.6 Å². The quantitative estimate of drug-likeness (QED) is 0.209. The molecular weight excluding hydrogens is 712 g/mol. The van der Waals surface area contributed by atoms with Crippen LogP contribution in [0.15, 0.2) is 12.7 Å². The molecule has 4 aliphatic rings. The Morgan fingerprint density at radius 1 is 0.982 bits per heavy atom. The number of fused-ring (bicyclic) bond motifs is 2. The SMILES string of the molecule is C=CC1CN2C[C@H](C)C[C@@](C)(O)[C@H](O[C@H]3O[C@H](C)C[C@H](N(C)C)[C@H]3O)[C@@H](C)[C@H](O[C@H]3C[C@@](C)(OC)[C@@H](O)[C@H](C)O3)[C@@H](C)C(=O)O[C@H](CC)[C@@](C)(O)[C@@H](O1)[C@H]2C. The van der Waals surface area contributed by atoms with Crippen LogP contribution < -0.4 is 0 Å². The Morgan fingerprint density at radius 3 is 2.22 bits per heavy atom. The van der Waals surface area contributed by atoms with Gasteiger partial charge in [0.15, 0.2) is 12.6 Å². The molecule has 0 aromatic rings. The number of hydrogen-bond acceptors (Lipinski definition) is 14. The Kier molecular flexibility index (Phi) is 15.5. The number of carbonyl (C=O) groups excluding carboxylic acids is 1. The third kappa shape index (κ3) is 10.1. The predicted octanol–water partition coefficient (Wildman–Crippen LogP) is 2.86. The van der Waals surface area contributed by atoms with Crippen molar-refractivity contribution in [1.29, 1.82) is 0 Å². The minimum atomic E-state index is -1.58. The largest absolute Gasteiger partial charge is 0.459 e. The van der Waals surface area contributed by atoms with Crippen molar-refractivity contribution in [2.45, 2.75) is 191 Å². The molecule has 0 aliphatic carbocycles. The summed E-state index contributed by atoms with van der Waals surface area (Å²) in [6, 6.07) is -0.541. The Bertz CT molecular complexity index is 1270. The van der Waals surface area contributed by atoms with E-state index < -0.39 is 89.9 Å². The molecule has 55 heavy (non-hydrogen) atoms. The summed E-state index contributed by atoms with van der Waals surface area (Å²) in [6.45, 7) is 23.4. The molecule has 0 amide bonds. The van der Waals surface area contributed by atoms with E-state index in [-0.39, 0.29) is 43.1 Å². The first kappa shape index (κ1) is 46.4. The first-order valence-corrected chi connectivity index (χ1v) is 20.4. The molecule has 20 atom stereocenters. The van der Waals surface area contributed by atoms with E-state index in [1.807, 2.05) is 46.7 Å². The molecule has 320 valence electrons. The molecular formula is C41H74N2O12. The molecule has 4 saturated heterocycles. The van der Waals surface area contributed by atoms with E-state index in [1.165, 1.54) is 7.11 Å². The van der Waals surface area contributed by atoms with Crippen LogP contribution in [-0.4, -0.2) is 167 Å². The van der Waals surface area contributed by atoms with E-state index in [1.54, 1.807) is 40.7 Å². The molecule has 0 aromatic carbocycles. The number of hydrogen-bond donors (Lipinski definition) is 4. The van der Waals surface area contributed by atoms with Gasteiger partial charge in [-0.1, -0.05) is 26.8 Å². The fourth-order valence-electron chi connectivity index (χ4n) is 9.67. The van der Waals surface area contributed by atoms with Gasteiger partial charge in [-0.25, -0.2) is 0 Å². The maximum atomic E-state index is 14.4. The summed E-state index contributed by atoms with van der Waals surface area (Å²) in [4.78, 5) is 18.6. The minimum absolute atomic E-state index is 0.0937. The summed E-state index contributed by atoms with van der Waals surface area (Å²) < 4.78 is 44.5. The van der Waals surface area contributed by atoms with Crippen LogP contribution in [0.2, 0.25) is 0 Å². The smallest absolute Gasteiger partial charge is 0.311 e. The molecule has 4 fully saturated rings. The van der Waals surface area contributed by atoms with Crippen LogP contribution in [0.5, 0.6) is 0 Å². The van der Waals surface area contributed by atoms with Gasteiger partial charge in [-0.05, 0) is 87.7 Å². The van der Waals surface area contributed by atoms with Gasteiger partial charge in [0.25, 0.3) is 0 Å². The minimum Gasteiger partial charge on any atom is -0.459 e. The molecule has 0 spiro atoms. The Balaban J connectivity index is 1.84. The Hall–Kier alpha value is -1.27. The summed E-state index contributed by atoms with van der Waals surface area (Å²) in [5, 5.41) is 47.5. The molecule has 0 saturated carbocycles. The standard InChI is InChI=1S/C41H74N2O12/c1-15-28-21-43-20-22(3)18-39(9,47)35(55-38-32(44)29(42(12)13)17-23(4)50-38)24(5)33(54-31-19-40(10,49-14)34(45)27(8)51-31)25(6)37(46)53-30(16-2)41(11,48)36(52-28)26(43)7/h15,22-36,38,44-45,47-48H,1,16-21H2,2-14H3/t22-,23-,24+,25-,26-,27+,28?,29+,30-,31+,32-,33+,34+,35-,36+,38-,39-,40-,41-/m1/s1. The second kappa shape index (κ2) is 18.3. The number of methoxy groups -OCH3 is 1. The van der Waals surface area contributed by atoms with Crippen molar-refractivity contribution >= 4 is 5.97 Å². The van der Waals surface area contributed by atoms with Gasteiger partial charge in [0.2, 0.25) is 0 Å². The first-order valence-electron chi connectivity index (χ1n) is 20.4. The molecule has 14 nitrogen and oxygen atoms in total. The number of nitrogens with zero attached hydrogens (tertiary/aromatic N) is 2. The van der Waals surface area contributed by atoms with Gasteiger partial charge < -0.3 is 58.5 Å². The number of carbonyl (C=O) groups is 1. The van der Waals surface area contributed by atoms with Crippen LogP contribution in [0.4, 0.5) is 0 Å². The molecule has 0 aromatic heterocycles. The van der Waals surface area contributed by atoms with Crippen LogP contribution in [0, 0.1) is 17.8 Å². The number of morpholine rings is 1. The number of aliphatic hydroxyl groups excluding tert-OH is 2. The van der Waals surface area contributed by atoms with Crippen LogP contribution in [0.1, 0.15) is 94.9 Å². The molecule has 0 radical (unpaired) electrons. The lowest BCUT2D eigenvalue weighted by Crippen LogP contribution is -2.65. The zero-order valence-corrected chi connectivity index (χ0v) is 35.7. The summed E-state index contributed by atoms with van der Waals surface area (Å²) in [7, 11) is 5.32. The third-order valence-corrected chi connectivity index (χ3v) is 13.0. The fourth-order valence-corrected chi connectivity index (χ4v) is 9.67.